The second kappa shape index (κ2) is 36.5. The van der Waals surface area contributed by atoms with Crippen molar-refractivity contribution in [3.8, 4) is 69.0 Å². The van der Waals surface area contributed by atoms with E-state index in [2.05, 4.69) is 20.4 Å². The number of carboxylic acid groups (broad SMARTS) is 4. The summed E-state index contributed by atoms with van der Waals surface area (Å²) in [4.78, 5) is 96.6. The Morgan fingerprint density at radius 2 is 0.725 bits per heavy atom. The molecule has 0 saturated heterocycles. The Bertz CT molecular complexity index is 6340. The monoisotopic (exact) mass is 1680 g/mol. The van der Waals surface area contributed by atoms with Crippen LogP contribution in [0.2, 0.25) is 0 Å². The fourth-order valence-corrected chi connectivity index (χ4v) is 16.2. The number of hydrogen-bond acceptors (Lipinski definition) is 24. The van der Waals surface area contributed by atoms with E-state index in [1.54, 1.807) is 197 Å². The zero-order valence-corrected chi connectivity index (χ0v) is 66.3. The van der Waals surface area contributed by atoms with Gasteiger partial charge in [0.1, 0.15) is 94.7 Å². The molecule has 0 atom stereocenters. The molecule has 0 aliphatic carbocycles. The highest BCUT2D eigenvalue weighted by molar-refractivity contribution is 7.22. The van der Waals surface area contributed by atoms with Gasteiger partial charge in [0.15, 0.2) is 23.0 Å². The van der Waals surface area contributed by atoms with Crippen LogP contribution in [0.25, 0.3) is 64.6 Å². The van der Waals surface area contributed by atoms with E-state index in [0.717, 1.165) is 45.0 Å². The zero-order chi connectivity index (χ0) is 85.0. The van der Waals surface area contributed by atoms with Crippen molar-refractivity contribution in [2.75, 3.05) is 0 Å². The fourth-order valence-electron chi connectivity index (χ4n) is 11.8. The number of aromatic nitrogens is 4. The van der Waals surface area contributed by atoms with Gasteiger partial charge in [-0.2, -0.15) is 10.2 Å². The number of aromatic hydroxyl groups is 4. The molecule has 0 amide bonds. The smallest absolute Gasteiger partial charge is 0.328 e. The third-order valence-electron chi connectivity index (χ3n) is 17.5. The lowest BCUT2D eigenvalue weighted by molar-refractivity contribution is -0.132. The summed E-state index contributed by atoms with van der Waals surface area (Å²) in [5, 5.41) is 90.5. The van der Waals surface area contributed by atoms with Crippen LogP contribution in [-0.4, -0.2) is 108 Å². The molecule has 600 valence electrons. The van der Waals surface area contributed by atoms with Crippen molar-refractivity contribution in [3.63, 3.8) is 0 Å². The molecule has 16 aromatic rings. The molecule has 10 N–H and O–H groups in total. The molecule has 0 fully saturated rings. The molecule has 0 saturated carbocycles. The number of carboxylic acids is 4. The third-order valence-corrected chi connectivity index (χ3v) is 22.0. The van der Waals surface area contributed by atoms with E-state index in [1.807, 2.05) is 6.92 Å². The van der Waals surface area contributed by atoms with Crippen molar-refractivity contribution in [1.29, 1.82) is 0 Å². The number of benzene rings is 8. The second-order valence-corrected chi connectivity index (χ2v) is 30.4. The minimum absolute atomic E-state index is 0.0967. The summed E-state index contributed by atoms with van der Waals surface area (Å²) in [5.41, 5.74) is 5.83. The van der Waals surface area contributed by atoms with Crippen LogP contribution in [0.15, 0.2) is 240 Å². The highest BCUT2D eigenvalue weighted by Gasteiger charge is 2.29. The molecule has 8 aromatic heterocycles. The Kier molecular flexibility index (Phi) is 25.1. The summed E-state index contributed by atoms with van der Waals surface area (Å²) >= 11 is 4.91. The Morgan fingerprint density at radius 1 is 0.383 bits per heavy atom. The van der Waals surface area contributed by atoms with Crippen molar-refractivity contribution in [2.24, 2.45) is 0 Å². The number of H-pyrrole nitrogens is 2. The van der Waals surface area contributed by atoms with Gasteiger partial charge in [0.25, 0.3) is 0 Å². The second-order valence-electron chi connectivity index (χ2n) is 26.2. The van der Waals surface area contributed by atoms with Gasteiger partial charge in [0.2, 0.25) is 23.1 Å². The maximum atomic E-state index is 13.1. The first kappa shape index (κ1) is 82.5. The number of ketones is 4. The van der Waals surface area contributed by atoms with Crippen LogP contribution < -0.4 is 18.9 Å². The summed E-state index contributed by atoms with van der Waals surface area (Å²) in [5.74, 6) is -0.0202. The van der Waals surface area contributed by atoms with Crippen LogP contribution in [0.1, 0.15) is 106 Å². The van der Waals surface area contributed by atoms with E-state index >= 15 is 0 Å². The highest BCUT2D eigenvalue weighted by Crippen LogP contribution is 2.48. The van der Waals surface area contributed by atoms with Crippen LogP contribution in [0.5, 0.6) is 69.0 Å². The van der Waals surface area contributed by atoms with Gasteiger partial charge in [0, 0.05) is 70.3 Å². The first-order valence-corrected chi connectivity index (χ1v) is 39.0. The molecule has 120 heavy (non-hydrogen) atoms. The average Bonchev–Trinajstić information content (AvgIpc) is 1.63. The molecule has 8 heterocycles. The van der Waals surface area contributed by atoms with Crippen LogP contribution >= 0.6 is 45.3 Å². The standard InChI is InChI=1S/2C23H16O6S.2C22H16N2O5S/c1-13-10-15(12-28-13)21(27)23-22(18-8-5-16(24)11-19(18)30-23)29-17-6-2-14(3-7-17)4-9-20(25)26;1-13-17(10-11-28-13)21(27)23-22(18-8-5-15(24)12-19(18)30-23)29-16-6-2-14(3-7-16)4-9-20(25)26;1-12-11-23-24-19(12)20(28)22-21(16-8-5-14(25)10-17(16)30-22)29-15-6-2-13(3-7-15)4-9-18(26)27;1-12-10-17(24-23-12)20(28)22-21(16-8-5-14(25)11-18(16)30-22)29-15-6-2-13(3-7-15)4-9-19(26)27/h2*2-12,24H,1H3,(H,25,26);2*2-11,25H,1H3,(H,23,24)(H,26,27)/b4*9-4+. The summed E-state index contributed by atoms with van der Waals surface area (Å²) in [6.45, 7) is 7.08. The number of carbonyl (C=O) groups excluding carboxylic acids is 4. The van der Waals surface area contributed by atoms with Crippen LogP contribution in [0.3, 0.4) is 0 Å². The van der Waals surface area contributed by atoms with Gasteiger partial charge in [-0.3, -0.25) is 29.4 Å². The molecular weight excluding hydrogens is 1620 g/mol. The number of carbonyl (C=O) groups is 8. The van der Waals surface area contributed by atoms with E-state index in [-0.39, 0.29) is 51.8 Å². The van der Waals surface area contributed by atoms with Gasteiger partial charge in [0.05, 0.1) is 23.6 Å². The largest absolute Gasteiger partial charge is 0.508 e. The number of ether oxygens (including phenoxy) is 4. The number of aliphatic carboxylic acids is 4. The van der Waals surface area contributed by atoms with Crippen LogP contribution in [0, 0.1) is 27.7 Å². The van der Waals surface area contributed by atoms with Gasteiger partial charge < -0.3 is 68.6 Å². The van der Waals surface area contributed by atoms with Crippen molar-refractivity contribution < 1.29 is 107 Å². The molecule has 0 bridgehead atoms. The molecule has 0 aliphatic heterocycles. The van der Waals surface area contributed by atoms with E-state index in [4.69, 9.17) is 48.2 Å². The number of phenolic OH excluding ortho intramolecular Hbond substituents is 4. The van der Waals surface area contributed by atoms with Crippen molar-refractivity contribution in [2.45, 2.75) is 27.7 Å². The number of aromatic amines is 2. The lowest BCUT2D eigenvalue weighted by Gasteiger charge is -2.08. The lowest BCUT2D eigenvalue weighted by Crippen LogP contribution is -2.03. The summed E-state index contributed by atoms with van der Waals surface area (Å²) in [6, 6.07) is 51.6. The van der Waals surface area contributed by atoms with E-state index in [0.29, 0.717) is 147 Å². The Hall–Kier alpha value is -15.5. The molecule has 0 aliphatic rings. The fraction of sp³-hybridized carbons (Fsp3) is 0.0444. The SMILES string of the molecule is Cc1cc(C(=O)c2sc3cc(O)ccc3c2Oc2ccc(/C=C/C(=O)O)cc2)co1.Cc1cc(C(=O)c2sc3cc(O)ccc3c2Oc2ccc(/C=C/C(=O)O)cc2)n[nH]1.Cc1cn[nH]c1C(=O)c1sc2cc(O)ccc2c1Oc1ccc(/C=C/C(=O)O)cc1.Cc1occc1C(=O)c1sc2cc(O)ccc2c1Oc1ccc(/C=C/C(=O)O)cc1. The van der Waals surface area contributed by atoms with Gasteiger partial charge in [-0.05, 0) is 219 Å². The van der Waals surface area contributed by atoms with Crippen LogP contribution in [-0.2, 0) is 19.2 Å². The number of hydrogen-bond donors (Lipinski definition) is 10. The maximum absolute atomic E-state index is 13.1. The Balaban J connectivity index is 0.000000138. The molecule has 26 nitrogen and oxygen atoms in total. The predicted molar refractivity (Wildman–Crippen MR) is 454 cm³/mol. The van der Waals surface area contributed by atoms with Gasteiger partial charge >= 0.3 is 23.9 Å². The van der Waals surface area contributed by atoms with Crippen molar-refractivity contribution in [3.05, 3.63) is 318 Å². The number of fused-ring (bicyclic) bond motifs is 4. The molecule has 16 rings (SSSR count). The average molecular weight is 1680 g/mol. The number of furan rings is 2. The Morgan fingerprint density at radius 3 is 1.02 bits per heavy atom. The van der Waals surface area contributed by atoms with E-state index < -0.39 is 23.9 Å². The minimum atomic E-state index is -1.03. The number of thiophene rings is 4. The van der Waals surface area contributed by atoms with Crippen molar-refractivity contribution >= 4 is 157 Å². The normalized spacial score (nSPS) is 11.2. The Labute approximate surface area is 694 Å². The molecular formula is C90H64N4O22S4. The summed E-state index contributed by atoms with van der Waals surface area (Å²) in [6.07, 6.45) is 14.6. The molecule has 8 aromatic carbocycles. The maximum Gasteiger partial charge on any atom is 0.328 e. The number of nitrogens with zero attached hydrogens (tertiary/aromatic N) is 2. The van der Waals surface area contributed by atoms with Crippen molar-refractivity contribution in [1.82, 2.24) is 20.4 Å². The first-order chi connectivity index (χ1) is 57.6. The minimum Gasteiger partial charge on any atom is -0.508 e. The quantitative estimate of drug-likeness (QED) is 0.0198. The summed E-state index contributed by atoms with van der Waals surface area (Å²) < 4.78 is 37.7. The molecule has 30 heteroatoms. The first-order valence-electron chi connectivity index (χ1n) is 35.7. The number of aryl methyl sites for hydroxylation is 4. The number of rotatable bonds is 24. The summed E-state index contributed by atoms with van der Waals surface area (Å²) in [7, 11) is 0. The van der Waals surface area contributed by atoms with Gasteiger partial charge in [-0.1, -0.05) is 48.5 Å². The molecule has 0 unspecified atom stereocenters. The third kappa shape index (κ3) is 19.9. The topological polar surface area (TPSA) is 419 Å². The zero-order valence-electron chi connectivity index (χ0n) is 63.1. The van der Waals surface area contributed by atoms with E-state index in [9.17, 15) is 58.8 Å². The van der Waals surface area contributed by atoms with Gasteiger partial charge in [-0.25, -0.2) is 19.2 Å². The van der Waals surface area contributed by atoms with Crippen LogP contribution in [0.4, 0.5) is 0 Å². The molecule has 0 spiro atoms. The number of nitrogens with one attached hydrogen (secondary N) is 2. The highest BCUT2D eigenvalue weighted by atomic mass is 32.1. The predicted octanol–water partition coefficient (Wildman–Crippen LogP) is 20.8. The van der Waals surface area contributed by atoms with Gasteiger partial charge in [-0.15, -0.1) is 45.3 Å². The molecule has 0 radical (unpaired) electrons. The number of phenols is 4. The lowest BCUT2D eigenvalue weighted by atomic mass is 10.1. The van der Waals surface area contributed by atoms with E-state index in [1.165, 1.54) is 100 Å².